The molecule has 1 N–H and O–H groups in total. The van der Waals surface area contributed by atoms with Crippen LogP contribution in [-0.2, 0) is 4.79 Å². The Kier molecular flexibility index (Phi) is 2.54. The van der Waals surface area contributed by atoms with Crippen molar-refractivity contribution in [3.8, 4) is 11.5 Å². The molecule has 1 heterocycles. The van der Waals surface area contributed by atoms with Crippen LogP contribution in [0, 0.1) is 0 Å². The fourth-order valence-corrected chi connectivity index (χ4v) is 2.59. The summed E-state index contributed by atoms with van der Waals surface area (Å²) in [7, 11) is 0. The first-order valence-corrected chi connectivity index (χ1v) is 5.42. The van der Waals surface area contributed by atoms with Crippen molar-refractivity contribution in [1.29, 1.82) is 0 Å². The van der Waals surface area contributed by atoms with Crippen LogP contribution in [0.15, 0.2) is 17.5 Å². The van der Waals surface area contributed by atoms with Gasteiger partial charge in [-0.1, -0.05) is 11.6 Å². The number of rotatable bonds is 1. The van der Waals surface area contributed by atoms with E-state index in [0.717, 1.165) is 4.70 Å². The highest BCUT2D eigenvalue weighted by Crippen LogP contribution is 2.39. The lowest BCUT2D eigenvalue weighted by Gasteiger charge is -2.01. The van der Waals surface area contributed by atoms with Gasteiger partial charge in [-0.2, -0.15) is 0 Å². The minimum absolute atomic E-state index is 0.101. The summed E-state index contributed by atoms with van der Waals surface area (Å²) in [4.78, 5) is 10.8. The van der Waals surface area contributed by atoms with Gasteiger partial charge in [0, 0.05) is 17.0 Å². The number of benzene rings is 1. The number of fused-ring (bicyclic) bond motifs is 1. The van der Waals surface area contributed by atoms with E-state index in [1.165, 1.54) is 24.3 Å². The van der Waals surface area contributed by atoms with Gasteiger partial charge in [-0.3, -0.25) is 4.79 Å². The van der Waals surface area contributed by atoms with Crippen molar-refractivity contribution in [3.05, 3.63) is 22.5 Å². The summed E-state index contributed by atoms with van der Waals surface area (Å²) in [5.41, 5.74) is 0. The zero-order valence-corrected chi connectivity index (χ0v) is 9.35. The molecule has 5 heteroatoms. The predicted octanol–water partition coefficient (Wildman–Crippen LogP) is 3.19. The number of phenolic OH excluding ortho intramolecular Hbond substituents is 1. The second-order valence-corrected chi connectivity index (χ2v) is 4.31. The maximum atomic E-state index is 10.8. The summed E-state index contributed by atoms with van der Waals surface area (Å²) < 4.78 is 5.78. The van der Waals surface area contributed by atoms with E-state index in [2.05, 4.69) is 0 Å². The van der Waals surface area contributed by atoms with E-state index >= 15 is 0 Å². The number of esters is 1. The molecule has 3 nitrogen and oxygen atoms in total. The number of halogens is 1. The molecule has 0 radical (unpaired) electrons. The normalized spacial score (nSPS) is 10.5. The maximum absolute atomic E-state index is 10.8. The monoisotopic (exact) mass is 242 g/mol. The highest BCUT2D eigenvalue weighted by molar-refractivity contribution is 7.17. The molecule has 1 aromatic carbocycles. The number of carbonyl (C=O) groups excluding carboxylic acids is 1. The van der Waals surface area contributed by atoms with Gasteiger partial charge in [-0.05, 0) is 12.1 Å². The SMILES string of the molecule is CC(=O)Oc1csc2cc(O)cc(Cl)c12. The van der Waals surface area contributed by atoms with Crippen LogP contribution in [0.5, 0.6) is 11.5 Å². The average Bonchev–Trinajstić information content (AvgIpc) is 2.46. The van der Waals surface area contributed by atoms with Gasteiger partial charge < -0.3 is 9.84 Å². The summed E-state index contributed by atoms with van der Waals surface area (Å²) >= 11 is 7.31. The van der Waals surface area contributed by atoms with Gasteiger partial charge in [-0.25, -0.2) is 0 Å². The third-order valence-corrected chi connectivity index (χ3v) is 3.04. The summed E-state index contributed by atoms with van der Waals surface area (Å²) in [5.74, 6) is 0.148. The van der Waals surface area contributed by atoms with Crippen molar-refractivity contribution in [3.63, 3.8) is 0 Å². The fraction of sp³-hybridized carbons (Fsp3) is 0.100. The van der Waals surface area contributed by atoms with Crippen molar-refractivity contribution in [2.24, 2.45) is 0 Å². The average molecular weight is 243 g/mol. The van der Waals surface area contributed by atoms with E-state index < -0.39 is 0 Å². The molecular formula is C10H7ClO3S. The third kappa shape index (κ3) is 1.91. The lowest BCUT2D eigenvalue weighted by Crippen LogP contribution is -2.00. The highest BCUT2D eigenvalue weighted by atomic mass is 35.5. The van der Waals surface area contributed by atoms with Crippen LogP contribution in [0.1, 0.15) is 6.92 Å². The van der Waals surface area contributed by atoms with E-state index in [9.17, 15) is 9.90 Å². The first kappa shape index (κ1) is 10.3. The summed E-state index contributed by atoms with van der Waals surface area (Å²) in [6.07, 6.45) is 0. The van der Waals surface area contributed by atoms with Crippen molar-refractivity contribution in [1.82, 2.24) is 0 Å². The Morgan fingerprint density at radius 3 is 2.93 bits per heavy atom. The number of hydrogen-bond donors (Lipinski definition) is 1. The summed E-state index contributed by atoms with van der Waals surface area (Å²) in [5, 5.41) is 12.0. The predicted molar refractivity (Wildman–Crippen MR) is 59.8 cm³/mol. The first-order valence-electron chi connectivity index (χ1n) is 4.16. The van der Waals surface area contributed by atoms with E-state index in [-0.39, 0.29) is 11.7 Å². The molecule has 0 amide bonds. The van der Waals surface area contributed by atoms with Gasteiger partial charge >= 0.3 is 5.97 Å². The van der Waals surface area contributed by atoms with Crippen molar-refractivity contribution in [2.45, 2.75) is 6.92 Å². The van der Waals surface area contributed by atoms with Gasteiger partial charge in [0.1, 0.15) is 5.75 Å². The molecule has 0 bridgehead atoms. The lowest BCUT2D eigenvalue weighted by atomic mass is 10.2. The summed E-state index contributed by atoms with van der Waals surface area (Å²) in [6, 6.07) is 3.00. The Balaban J connectivity index is 2.63. The molecule has 78 valence electrons. The molecule has 2 aromatic rings. The van der Waals surface area contributed by atoms with Crippen LogP contribution in [0.2, 0.25) is 5.02 Å². The van der Waals surface area contributed by atoms with Crippen molar-refractivity contribution < 1.29 is 14.6 Å². The summed E-state index contributed by atoms with van der Waals surface area (Å²) in [6.45, 7) is 1.33. The van der Waals surface area contributed by atoms with Crippen LogP contribution in [0.3, 0.4) is 0 Å². The second kappa shape index (κ2) is 3.72. The van der Waals surface area contributed by atoms with Gasteiger partial charge in [0.05, 0.1) is 10.4 Å². The van der Waals surface area contributed by atoms with Crippen molar-refractivity contribution >= 4 is 39.0 Å². The van der Waals surface area contributed by atoms with E-state index in [0.29, 0.717) is 16.2 Å². The number of thiophene rings is 1. The number of carbonyl (C=O) groups is 1. The van der Waals surface area contributed by atoms with Crippen LogP contribution >= 0.6 is 22.9 Å². The maximum Gasteiger partial charge on any atom is 0.308 e. The van der Waals surface area contributed by atoms with E-state index in [4.69, 9.17) is 16.3 Å². The molecule has 0 saturated heterocycles. The zero-order chi connectivity index (χ0) is 11.0. The van der Waals surface area contributed by atoms with Gasteiger partial charge in [0.15, 0.2) is 5.75 Å². The third-order valence-electron chi connectivity index (χ3n) is 1.83. The molecule has 1 aromatic heterocycles. The molecule has 0 aliphatic rings. The molecular weight excluding hydrogens is 236 g/mol. The minimum Gasteiger partial charge on any atom is -0.508 e. The highest BCUT2D eigenvalue weighted by Gasteiger charge is 2.12. The van der Waals surface area contributed by atoms with Gasteiger partial charge in [0.25, 0.3) is 0 Å². The molecule has 15 heavy (non-hydrogen) atoms. The molecule has 0 aliphatic heterocycles. The fourth-order valence-electron chi connectivity index (χ4n) is 1.31. The number of aromatic hydroxyl groups is 1. The molecule has 0 saturated carbocycles. The molecule has 0 unspecified atom stereocenters. The number of phenols is 1. The largest absolute Gasteiger partial charge is 0.508 e. The van der Waals surface area contributed by atoms with Crippen LogP contribution < -0.4 is 4.74 Å². The van der Waals surface area contributed by atoms with Gasteiger partial charge in [0.2, 0.25) is 0 Å². The van der Waals surface area contributed by atoms with Crippen molar-refractivity contribution in [2.75, 3.05) is 0 Å². The van der Waals surface area contributed by atoms with E-state index in [1.54, 1.807) is 11.4 Å². The molecule has 0 atom stereocenters. The van der Waals surface area contributed by atoms with E-state index in [1.807, 2.05) is 0 Å². The Morgan fingerprint density at radius 1 is 1.53 bits per heavy atom. The second-order valence-electron chi connectivity index (χ2n) is 2.99. The molecule has 0 spiro atoms. The topological polar surface area (TPSA) is 46.5 Å². The Bertz CT molecular complexity index is 533. The molecule has 2 rings (SSSR count). The lowest BCUT2D eigenvalue weighted by molar-refractivity contribution is -0.131. The molecule has 0 fully saturated rings. The zero-order valence-electron chi connectivity index (χ0n) is 7.78. The number of hydrogen-bond acceptors (Lipinski definition) is 4. The Hall–Kier alpha value is -1.26. The standard InChI is InChI=1S/C10H7ClO3S/c1-5(12)14-8-4-15-9-3-6(13)2-7(11)10(8)9/h2-4,13H,1H3. The smallest absolute Gasteiger partial charge is 0.308 e. The number of ether oxygens (including phenoxy) is 1. The minimum atomic E-state index is -0.390. The molecule has 0 aliphatic carbocycles. The quantitative estimate of drug-likeness (QED) is 0.782. The van der Waals surface area contributed by atoms with Crippen LogP contribution in [-0.4, -0.2) is 11.1 Å². The van der Waals surface area contributed by atoms with Crippen LogP contribution in [0.4, 0.5) is 0 Å². The Labute approximate surface area is 94.9 Å². The Morgan fingerprint density at radius 2 is 2.27 bits per heavy atom. The van der Waals surface area contributed by atoms with Crippen LogP contribution in [0.25, 0.3) is 10.1 Å². The first-order chi connectivity index (χ1) is 7.08. The van der Waals surface area contributed by atoms with Gasteiger partial charge in [-0.15, -0.1) is 11.3 Å².